The molecule has 31 heavy (non-hydrogen) atoms. The number of para-hydroxylation sites is 1. The number of ether oxygens (including phenoxy) is 1. The van der Waals surface area contributed by atoms with Crippen LogP contribution in [0.4, 0.5) is 22.0 Å². The van der Waals surface area contributed by atoms with Crippen LogP contribution in [-0.4, -0.2) is 66.4 Å². The molecular weight excluding hydrogens is 402 g/mol. The van der Waals surface area contributed by atoms with Gasteiger partial charge in [-0.3, -0.25) is 15.5 Å². The number of amidine groups is 1. The third kappa shape index (κ3) is 4.69. The van der Waals surface area contributed by atoms with E-state index in [1.807, 2.05) is 5.32 Å². The van der Waals surface area contributed by atoms with Crippen molar-refractivity contribution in [3.63, 3.8) is 0 Å². The van der Waals surface area contributed by atoms with Crippen molar-refractivity contribution >= 4 is 41.3 Å². The molecule has 0 unspecified atom stereocenters. The Morgan fingerprint density at radius 3 is 2.87 bits per heavy atom. The van der Waals surface area contributed by atoms with Gasteiger partial charge in [-0.15, -0.1) is 10.2 Å². The van der Waals surface area contributed by atoms with Crippen molar-refractivity contribution in [3.8, 4) is 5.75 Å². The molecule has 162 valence electrons. The van der Waals surface area contributed by atoms with Crippen LogP contribution in [0.5, 0.6) is 5.75 Å². The topological polar surface area (TPSA) is 171 Å². The van der Waals surface area contributed by atoms with E-state index >= 15 is 0 Å². The molecule has 12 nitrogen and oxygen atoms in total. The average Bonchev–Trinajstić information content (AvgIpc) is 2.76. The van der Waals surface area contributed by atoms with Crippen LogP contribution >= 0.6 is 0 Å². The number of hydrogen-bond acceptors (Lipinski definition) is 7. The van der Waals surface area contributed by atoms with E-state index in [4.69, 9.17) is 22.7 Å². The second kappa shape index (κ2) is 9.52. The lowest BCUT2D eigenvalue weighted by atomic mass is 10.1. The fraction of sp³-hybridized carbons (Fsp3) is 0.263. The zero-order valence-corrected chi connectivity index (χ0v) is 16.4. The molecule has 3 rings (SSSR count). The number of likely N-dealkylation sites (tertiary alicyclic amines) is 1. The summed E-state index contributed by atoms with van der Waals surface area (Å²) in [7, 11) is 1.37. The van der Waals surface area contributed by atoms with Gasteiger partial charge in [-0.1, -0.05) is 6.07 Å². The summed E-state index contributed by atoms with van der Waals surface area (Å²) in [4.78, 5) is 29.9. The SMILES string of the molecule is [2H]C1([2H])CN(C(=O)Nc2cc(Nc3cccc(C(N)=NC=N)c3OC)c(C(=O)NC([2H])([2H])[2H])nn2)C1. The fourth-order valence-electron chi connectivity index (χ4n) is 2.67. The summed E-state index contributed by atoms with van der Waals surface area (Å²) in [5.74, 6) is -0.951. The van der Waals surface area contributed by atoms with E-state index in [1.165, 1.54) is 18.1 Å². The number of hydrogen-bond donors (Lipinski definition) is 5. The Balaban J connectivity index is 1.98. The van der Waals surface area contributed by atoms with Crippen molar-refractivity contribution in [3.05, 3.63) is 35.5 Å². The monoisotopic (exact) mass is 430 g/mol. The summed E-state index contributed by atoms with van der Waals surface area (Å²) in [5, 5.41) is 21.9. The lowest BCUT2D eigenvalue weighted by molar-refractivity contribution is 0.0958. The number of aliphatic imine (C=N–C) groups is 1. The highest BCUT2D eigenvalue weighted by atomic mass is 16.5. The number of nitrogens with two attached hydrogens (primary N) is 1. The molecule has 2 heterocycles. The van der Waals surface area contributed by atoms with Crippen LogP contribution < -0.4 is 26.4 Å². The van der Waals surface area contributed by atoms with Crippen LogP contribution in [0, 0.1) is 5.41 Å². The fourth-order valence-corrected chi connectivity index (χ4v) is 2.67. The molecule has 0 saturated carbocycles. The zero-order chi connectivity index (χ0) is 26.7. The quantitative estimate of drug-likeness (QED) is 0.324. The lowest BCUT2D eigenvalue weighted by Gasteiger charge is -2.30. The molecular formula is C19H23N9O3. The first kappa shape index (κ1) is 15.6. The van der Waals surface area contributed by atoms with Crippen molar-refractivity contribution in [2.75, 3.05) is 37.8 Å². The molecule has 6 N–H and O–H groups in total. The van der Waals surface area contributed by atoms with Gasteiger partial charge in [-0.25, -0.2) is 9.79 Å². The molecule has 12 heteroatoms. The highest BCUT2D eigenvalue weighted by Gasteiger charge is 2.22. The minimum Gasteiger partial charge on any atom is -0.494 e. The Morgan fingerprint density at radius 2 is 2.19 bits per heavy atom. The number of anilines is 3. The summed E-state index contributed by atoms with van der Waals surface area (Å²) in [6.45, 7) is -2.99. The van der Waals surface area contributed by atoms with E-state index in [-0.39, 0.29) is 41.9 Å². The third-order valence-corrected chi connectivity index (χ3v) is 4.22. The van der Waals surface area contributed by atoms with Gasteiger partial charge >= 0.3 is 6.03 Å². The first-order chi connectivity index (χ1) is 16.8. The van der Waals surface area contributed by atoms with Crippen LogP contribution in [0.2, 0.25) is 0 Å². The number of urea groups is 1. The molecule has 0 aliphatic carbocycles. The number of methoxy groups -OCH3 is 1. The Morgan fingerprint density at radius 1 is 1.39 bits per heavy atom. The standard InChI is InChI=1S/C19H23N9O3/c1-22-18(29)15-13(9-14(26-27-15)25-19(30)28-7-4-8-28)24-12-6-3-5-11(16(12)31-2)17(21)23-10-20/h3,5-6,9-10H,4,7-8H2,1-2H3,(H,22,29)(H3,20,21,23)(H2,24,25,26,30)/i1D3,4D2. The molecule has 3 amide bonds. The Hall–Kier alpha value is -4.22. The van der Waals surface area contributed by atoms with E-state index in [2.05, 4.69) is 25.8 Å². The minimum absolute atomic E-state index is 0.0129. The molecule has 0 bridgehead atoms. The predicted octanol–water partition coefficient (Wildman–Crippen LogP) is 1.14. The maximum atomic E-state index is 12.6. The maximum absolute atomic E-state index is 12.6. The van der Waals surface area contributed by atoms with E-state index in [0.717, 1.165) is 6.34 Å². The van der Waals surface area contributed by atoms with E-state index in [9.17, 15) is 9.59 Å². The molecule has 2 aromatic rings. The summed E-state index contributed by atoms with van der Waals surface area (Å²) in [6, 6.07) is 5.40. The molecule has 0 spiro atoms. The number of carbonyl (C=O) groups is 2. The van der Waals surface area contributed by atoms with E-state index in [0.29, 0.717) is 5.56 Å². The van der Waals surface area contributed by atoms with Crippen LogP contribution in [0.1, 0.15) is 29.3 Å². The Bertz CT molecular complexity index is 1210. The van der Waals surface area contributed by atoms with Crippen molar-refractivity contribution < 1.29 is 21.2 Å². The highest BCUT2D eigenvalue weighted by molar-refractivity contribution is 6.05. The largest absolute Gasteiger partial charge is 0.494 e. The van der Waals surface area contributed by atoms with Crippen molar-refractivity contribution in [1.29, 1.82) is 5.41 Å². The smallest absolute Gasteiger partial charge is 0.323 e. The van der Waals surface area contributed by atoms with Crippen LogP contribution in [0.3, 0.4) is 0 Å². The number of rotatable bonds is 7. The molecule has 1 aromatic carbocycles. The van der Waals surface area contributed by atoms with E-state index < -0.39 is 31.0 Å². The number of benzene rings is 1. The van der Waals surface area contributed by atoms with Gasteiger partial charge in [0.2, 0.25) is 0 Å². The van der Waals surface area contributed by atoms with Crippen LogP contribution in [-0.2, 0) is 0 Å². The Kier molecular flexibility index (Phi) is 4.79. The minimum atomic E-state index is -2.80. The molecule has 1 aliphatic rings. The van der Waals surface area contributed by atoms with Gasteiger partial charge < -0.3 is 26.0 Å². The summed E-state index contributed by atoms with van der Waals surface area (Å²) < 4.78 is 42.4. The summed E-state index contributed by atoms with van der Waals surface area (Å²) in [5.41, 5.74) is 6.10. The summed E-state index contributed by atoms with van der Waals surface area (Å²) in [6.07, 6.45) is -0.713. The molecule has 0 radical (unpaired) electrons. The van der Waals surface area contributed by atoms with Crippen LogP contribution in [0.25, 0.3) is 0 Å². The van der Waals surface area contributed by atoms with Gasteiger partial charge in [-0.05, 0) is 18.5 Å². The molecule has 0 atom stereocenters. The molecule has 1 fully saturated rings. The zero-order valence-electron chi connectivity index (χ0n) is 21.4. The lowest BCUT2D eigenvalue weighted by Crippen LogP contribution is -2.44. The first-order valence-corrected chi connectivity index (χ1v) is 8.86. The van der Waals surface area contributed by atoms with Gasteiger partial charge in [0.1, 0.15) is 12.2 Å². The normalized spacial score (nSPS) is 17.5. The third-order valence-electron chi connectivity index (χ3n) is 4.22. The number of nitrogens with zero attached hydrogens (tertiary/aromatic N) is 4. The molecule has 1 saturated heterocycles. The predicted molar refractivity (Wildman–Crippen MR) is 116 cm³/mol. The van der Waals surface area contributed by atoms with Gasteiger partial charge in [0.25, 0.3) is 5.91 Å². The second-order valence-electron chi connectivity index (χ2n) is 6.14. The van der Waals surface area contributed by atoms with Gasteiger partial charge in [0.05, 0.1) is 24.0 Å². The summed E-state index contributed by atoms with van der Waals surface area (Å²) >= 11 is 0. The van der Waals surface area contributed by atoms with Crippen LogP contribution in [0.15, 0.2) is 29.3 Å². The van der Waals surface area contributed by atoms with Crippen molar-refractivity contribution in [2.24, 2.45) is 10.7 Å². The first-order valence-electron chi connectivity index (χ1n) is 11.4. The highest BCUT2D eigenvalue weighted by Crippen LogP contribution is 2.32. The van der Waals surface area contributed by atoms with E-state index in [1.54, 1.807) is 18.2 Å². The van der Waals surface area contributed by atoms with Gasteiger partial charge in [0, 0.05) is 33.0 Å². The number of amides is 3. The van der Waals surface area contributed by atoms with Gasteiger partial charge in [0.15, 0.2) is 17.3 Å². The van der Waals surface area contributed by atoms with Crippen molar-refractivity contribution in [1.82, 2.24) is 20.4 Å². The van der Waals surface area contributed by atoms with Crippen molar-refractivity contribution in [2.45, 2.75) is 6.37 Å². The maximum Gasteiger partial charge on any atom is 0.323 e. The van der Waals surface area contributed by atoms with Gasteiger partial charge in [-0.2, -0.15) is 0 Å². The number of aromatic nitrogens is 2. The Labute approximate surface area is 185 Å². The molecule has 1 aromatic heterocycles. The average molecular weight is 430 g/mol. The second-order valence-corrected chi connectivity index (χ2v) is 6.14. The number of nitrogens with one attached hydrogen (secondary N) is 4. The number of carbonyl (C=O) groups excluding carboxylic acids is 2. The molecule has 1 aliphatic heterocycles.